The highest BCUT2D eigenvalue weighted by Crippen LogP contribution is 2.30. The number of nitrogens with zero attached hydrogens (tertiary/aromatic N) is 8. The molecule has 7 rings (SSSR count). The highest BCUT2D eigenvalue weighted by Gasteiger charge is 2.26. The zero-order valence-electron chi connectivity index (χ0n) is 23.8. The van der Waals surface area contributed by atoms with E-state index >= 15 is 0 Å². The van der Waals surface area contributed by atoms with Crippen LogP contribution in [0.2, 0.25) is 5.02 Å². The zero-order valence-corrected chi connectivity index (χ0v) is 24.5. The number of aromatic amines is 1. The van der Waals surface area contributed by atoms with Crippen LogP contribution in [0.15, 0.2) is 48.7 Å². The number of ether oxygens (including phenoxy) is 2. The summed E-state index contributed by atoms with van der Waals surface area (Å²) in [6.45, 7) is 4.09. The Bertz CT molecular complexity index is 1840. The first-order valence-electron chi connectivity index (χ1n) is 14.6. The van der Waals surface area contributed by atoms with Crippen LogP contribution < -0.4 is 4.74 Å². The maximum absolute atomic E-state index is 14.2. The maximum Gasteiger partial charge on any atom is 0.252 e. The molecule has 5 aromatic rings. The molecule has 0 bridgehead atoms. The summed E-state index contributed by atoms with van der Waals surface area (Å²) in [5, 5.41) is 16.1. The van der Waals surface area contributed by atoms with Gasteiger partial charge in [-0.1, -0.05) is 23.7 Å². The molecule has 13 heteroatoms. The van der Waals surface area contributed by atoms with Crippen LogP contribution in [-0.4, -0.2) is 65.4 Å². The molecular weight excluding hydrogens is 585 g/mol. The van der Waals surface area contributed by atoms with Crippen LogP contribution in [0, 0.1) is 17.1 Å². The molecule has 0 unspecified atom stereocenters. The third-order valence-electron chi connectivity index (χ3n) is 8.23. The Morgan fingerprint density at radius 1 is 1.11 bits per heavy atom. The fourth-order valence-corrected chi connectivity index (χ4v) is 5.86. The molecular formula is C31H29ClFN9O2. The third kappa shape index (κ3) is 5.99. The van der Waals surface area contributed by atoms with Crippen LogP contribution in [0.25, 0.3) is 22.6 Å². The van der Waals surface area contributed by atoms with Crippen molar-refractivity contribution in [3.63, 3.8) is 0 Å². The zero-order chi connectivity index (χ0) is 30.0. The van der Waals surface area contributed by atoms with Crippen molar-refractivity contribution >= 4 is 22.6 Å². The maximum atomic E-state index is 14.2. The van der Waals surface area contributed by atoms with E-state index in [1.54, 1.807) is 18.2 Å². The standard InChI is InChI=1S/C31H29ClFN9O2/c32-21-5-4-20(23(33)12-21)18-44-30-3-1-2-24(37-30)19-6-9-41(10-7-19)17-29-36-25-13-26(31-38-28(14-34)39-40-31)35-15-27(25)42(29)16-22-8-11-43-22/h1-5,12-13,15,19,22H,6-11,16-18H2,(H,38,39,40)/t22-/m0/s1. The van der Waals surface area contributed by atoms with E-state index in [1.165, 1.54) is 6.07 Å². The number of fused-ring (bicyclic) bond motifs is 1. The number of likely N-dealkylation sites (tertiary alicyclic amines) is 1. The van der Waals surface area contributed by atoms with Crippen LogP contribution in [-0.2, 0) is 24.4 Å². The number of halogens is 2. The van der Waals surface area contributed by atoms with E-state index in [1.807, 2.05) is 30.5 Å². The molecule has 1 aromatic carbocycles. The lowest BCUT2D eigenvalue weighted by Gasteiger charge is -2.32. The molecule has 0 amide bonds. The minimum absolute atomic E-state index is 0.0708. The van der Waals surface area contributed by atoms with Crippen molar-refractivity contribution in [3.05, 3.63) is 82.4 Å². The molecule has 11 nitrogen and oxygen atoms in total. The van der Waals surface area contributed by atoms with Gasteiger partial charge < -0.3 is 14.0 Å². The van der Waals surface area contributed by atoms with Crippen LogP contribution in [0.1, 0.15) is 48.1 Å². The topological polar surface area (TPSA) is 131 Å². The third-order valence-corrected chi connectivity index (χ3v) is 8.46. The van der Waals surface area contributed by atoms with Crippen LogP contribution in [0.3, 0.4) is 0 Å². The Labute approximate surface area is 257 Å². The number of piperidine rings is 1. The van der Waals surface area contributed by atoms with Gasteiger partial charge in [-0.25, -0.2) is 14.4 Å². The molecule has 44 heavy (non-hydrogen) atoms. The van der Waals surface area contributed by atoms with Crippen molar-refractivity contribution in [1.82, 2.24) is 39.6 Å². The normalized spacial score (nSPS) is 17.4. The Hall–Kier alpha value is -4.44. The monoisotopic (exact) mass is 613 g/mol. The predicted octanol–water partition coefficient (Wildman–Crippen LogP) is 5.02. The average molecular weight is 614 g/mol. The Morgan fingerprint density at radius 2 is 1.98 bits per heavy atom. The van der Waals surface area contributed by atoms with Gasteiger partial charge in [0, 0.05) is 34.9 Å². The van der Waals surface area contributed by atoms with E-state index in [4.69, 9.17) is 36.3 Å². The van der Waals surface area contributed by atoms with Crippen molar-refractivity contribution in [2.45, 2.75) is 51.0 Å². The molecule has 2 aliphatic rings. The first-order chi connectivity index (χ1) is 21.5. The predicted molar refractivity (Wildman–Crippen MR) is 159 cm³/mol. The number of imidazole rings is 1. The van der Waals surface area contributed by atoms with Gasteiger partial charge in [-0.2, -0.15) is 10.2 Å². The number of rotatable bonds is 9. The van der Waals surface area contributed by atoms with E-state index in [2.05, 4.69) is 29.6 Å². The van der Waals surface area contributed by atoms with Crippen LogP contribution in [0.5, 0.6) is 5.88 Å². The van der Waals surface area contributed by atoms with Crippen molar-refractivity contribution in [3.8, 4) is 23.5 Å². The van der Waals surface area contributed by atoms with Gasteiger partial charge >= 0.3 is 0 Å². The summed E-state index contributed by atoms with van der Waals surface area (Å²) < 4.78 is 28.0. The first-order valence-corrected chi connectivity index (χ1v) is 15.0. The van der Waals surface area contributed by atoms with Gasteiger partial charge in [0.1, 0.15) is 30.0 Å². The number of nitriles is 1. The molecule has 4 aromatic heterocycles. The van der Waals surface area contributed by atoms with Crippen molar-refractivity contribution < 1.29 is 13.9 Å². The summed E-state index contributed by atoms with van der Waals surface area (Å²) in [4.78, 5) is 20.9. The van der Waals surface area contributed by atoms with Crippen molar-refractivity contribution in [2.24, 2.45) is 0 Å². The van der Waals surface area contributed by atoms with E-state index in [9.17, 15) is 4.39 Å². The summed E-state index contributed by atoms with van der Waals surface area (Å²) >= 11 is 5.86. The number of hydrogen-bond donors (Lipinski definition) is 1. The SMILES string of the molecule is N#Cc1n[nH]c(-c2cc3nc(CN4CCC(c5cccc(OCc6ccc(Cl)cc6F)n5)CC4)n(C[C@@H]4CCO4)c3cn2)n1. The molecule has 224 valence electrons. The lowest BCUT2D eigenvalue weighted by Crippen LogP contribution is -2.35. The molecule has 0 saturated carbocycles. The van der Waals surface area contributed by atoms with Crippen LogP contribution >= 0.6 is 11.6 Å². The van der Waals surface area contributed by atoms with Gasteiger partial charge in [-0.05, 0) is 56.6 Å². The van der Waals surface area contributed by atoms with Crippen LogP contribution in [0.4, 0.5) is 4.39 Å². The fraction of sp³-hybridized carbons (Fsp3) is 0.355. The van der Waals surface area contributed by atoms with Gasteiger partial charge in [-0.15, -0.1) is 5.10 Å². The lowest BCUT2D eigenvalue weighted by molar-refractivity contribution is -0.0592. The van der Waals surface area contributed by atoms with Gasteiger partial charge in [0.05, 0.1) is 36.4 Å². The number of H-pyrrole nitrogens is 1. The van der Waals surface area contributed by atoms with Crippen molar-refractivity contribution in [1.29, 1.82) is 5.26 Å². The Balaban J connectivity index is 1.03. The molecule has 1 atom stereocenters. The van der Waals surface area contributed by atoms with Gasteiger partial charge in [0.2, 0.25) is 5.88 Å². The molecule has 0 spiro atoms. The minimum atomic E-state index is -0.393. The summed E-state index contributed by atoms with van der Waals surface area (Å²) in [6.07, 6.45) is 4.90. The van der Waals surface area contributed by atoms with Gasteiger partial charge in [0.15, 0.2) is 5.82 Å². The largest absolute Gasteiger partial charge is 0.473 e. The Morgan fingerprint density at radius 3 is 2.73 bits per heavy atom. The van der Waals surface area contributed by atoms with E-state index in [0.717, 1.165) is 68.1 Å². The second kappa shape index (κ2) is 12.3. The molecule has 2 aliphatic heterocycles. The van der Waals surface area contributed by atoms with Crippen molar-refractivity contribution in [2.75, 3.05) is 19.7 Å². The Kier molecular flexibility index (Phi) is 7.91. The minimum Gasteiger partial charge on any atom is -0.473 e. The number of benzene rings is 1. The smallest absolute Gasteiger partial charge is 0.252 e. The van der Waals surface area contributed by atoms with E-state index in [0.29, 0.717) is 40.4 Å². The number of hydrogen-bond acceptors (Lipinski definition) is 9. The average Bonchev–Trinajstić information content (AvgIpc) is 3.63. The molecule has 0 aliphatic carbocycles. The summed E-state index contributed by atoms with van der Waals surface area (Å²) in [6, 6.07) is 14.1. The number of pyridine rings is 2. The second-order valence-corrected chi connectivity index (χ2v) is 11.5. The van der Waals surface area contributed by atoms with Gasteiger partial charge in [0.25, 0.3) is 5.82 Å². The summed E-state index contributed by atoms with van der Waals surface area (Å²) in [5.41, 5.74) is 3.75. The van der Waals surface area contributed by atoms with E-state index < -0.39 is 5.82 Å². The molecule has 0 radical (unpaired) electrons. The van der Waals surface area contributed by atoms with Gasteiger partial charge in [-0.3, -0.25) is 15.0 Å². The number of nitrogens with one attached hydrogen (secondary N) is 1. The molecule has 1 N–H and O–H groups in total. The van der Waals surface area contributed by atoms with E-state index in [-0.39, 0.29) is 18.5 Å². The number of aromatic nitrogens is 7. The quantitative estimate of drug-likeness (QED) is 0.243. The second-order valence-electron chi connectivity index (χ2n) is 11.1. The fourth-order valence-electron chi connectivity index (χ4n) is 5.70. The summed E-state index contributed by atoms with van der Waals surface area (Å²) in [5.74, 6) is 1.86. The first kappa shape index (κ1) is 28.3. The molecule has 2 saturated heterocycles. The lowest BCUT2D eigenvalue weighted by atomic mass is 9.93. The summed E-state index contributed by atoms with van der Waals surface area (Å²) in [7, 11) is 0. The highest BCUT2D eigenvalue weighted by molar-refractivity contribution is 6.30. The molecule has 6 heterocycles. The molecule has 2 fully saturated rings. The highest BCUT2D eigenvalue weighted by atomic mass is 35.5.